The number of nitrogens with one attached hydrogen (secondary N) is 2. The van der Waals surface area contributed by atoms with Crippen LogP contribution >= 0.6 is 0 Å². The van der Waals surface area contributed by atoms with Crippen molar-refractivity contribution in [1.82, 2.24) is 15.5 Å². The zero-order valence-electron chi connectivity index (χ0n) is 14.3. The standard InChI is InChI=1S/C19H23N3O3/c1-19(14-5-3-2-4-6-14)17(24)22(18(25)21-19)11-15(23)20-16(12-7-8-12)13-9-10-13/h2-6,12-13,16H,7-11H2,1H3,(H,20,23)(H,21,25). The maximum atomic E-state index is 12.8. The van der Waals surface area contributed by atoms with E-state index in [9.17, 15) is 14.4 Å². The molecule has 132 valence electrons. The van der Waals surface area contributed by atoms with Crippen LogP contribution < -0.4 is 10.6 Å². The molecule has 1 aromatic carbocycles. The predicted molar refractivity (Wildman–Crippen MR) is 91.4 cm³/mol. The second-order valence-electron chi connectivity index (χ2n) is 7.58. The van der Waals surface area contributed by atoms with Gasteiger partial charge >= 0.3 is 6.03 Å². The Labute approximate surface area is 147 Å². The van der Waals surface area contributed by atoms with E-state index in [0.717, 1.165) is 30.6 Å². The highest BCUT2D eigenvalue weighted by Gasteiger charge is 2.50. The molecule has 1 atom stereocenters. The number of rotatable bonds is 6. The molecule has 1 aromatic rings. The van der Waals surface area contributed by atoms with Crippen LogP contribution in [0.3, 0.4) is 0 Å². The Balaban J connectivity index is 1.44. The summed E-state index contributed by atoms with van der Waals surface area (Å²) in [6.07, 6.45) is 4.65. The number of hydrogen-bond donors (Lipinski definition) is 2. The molecule has 25 heavy (non-hydrogen) atoms. The van der Waals surface area contributed by atoms with E-state index in [4.69, 9.17) is 0 Å². The molecule has 2 saturated carbocycles. The molecule has 6 heteroatoms. The van der Waals surface area contributed by atoms with Crippen molar-refractivity contribution < 1.29 is 14.4 Å². The molecule has 4 amide bonds. The highest BCUT2D eigenvalue weighted by molar-refractivity contribution is 6.09. The number of carbonyl (C=O) groups excluding carboxylic acids is 3. The maximum Gasteiger partial charge on any atom is 0.325 e. The molecular formula is C19H23N3O3. The summed E-state index contributed by atoms with van der Waals surface area (Å²) in [6, 6.07) is 8.82. The summed E-state index contributed by atoms with van der Waals surface area (Å²) in [5.41, 5.74) is -0.407. The number of urea groups is 1. The van der Waals surface area contributed by atoms with Gasteiger partial charge in [-0.25, -0.2) is 4.79 Å². The van der Waals surface area contributed by atoms with E-state index in [2.05, 4.69) is 10.6 Å². The summed E-state index contributed by atoms with van der Waals surface area (Å²) in [4.78, 5) is 38.6. The number of amides is 4. The highest BCUT2D eigenvalue weighted by atomic mass is 16.2. The lowest BCUT2D eigenvalue weighted by molar-refractivity contribution is -0.135. The molecule has 3 fully saturated rings. The Bertz CT molecular complexity index is 700. The minimum atomic E-state index is -1.12. The van der Waals surface area contributed by atoms with Gasteiger partial charge in [0.05, 0.1) is 0 Å². The number of carbonyl (C=O) groups is 3. The van der Waals surface area contributed by atoms with Gasteiger partial charge in [-0.3, -0.25) is 14.5 Å². The van der Waals surface area contributed by atoms with Crippen molar-refractivity contribution in [3.8, 4) is 0 Å². The summed E-state index contributed by atoms with van der Waals surface area (Å²) in [7, 11) is 0. The van der Waals surface area contributed by atoms with E-state index in [1.165, 1.54) is 0 Å². The van der Waals surface area contributed by atoms with Gasteiger partial charge in [0.1, 0.15) is 12.1 Å². The van der Waals surface area contributed by atoms with Gasteiger partial charge in [-0.1, -0.05) is 30.3 Å². The largest absolute Gasteiger partial charge is 0.351 e. The van der Waals surface area contributed by atoms with Crippen LogP contribution in [0, 0.1) is 11.8 Å². The van der Waals surface area contributed by atoms with Gasteiger partial charge in [0.25, 0.3) is 5.91 Å². The van der Waals surface area contributed by atoms with Crippen LogP contribution in [0.2, 0.25) is 0 Å². The molecule has 2 aliphatic carbocycles. The van der Waals surface area contributed by atoms with Crippen molar-refractivity contribution in [1.29, 1.82) is 0 Å². The first-order chi connectivity index (χ1) is 12.0. The van der Waals surface area contributed by atoms with Crippen LogP contribution in [0.4, 0.5) is 4.79 Å². The number of imide groups is 1. The average Bonchev–Trinajstić information content (AvgIpc) is 3.50. The fourth-order valence-corrected chi connectivity index (χ4v) is 3.71. The van der Waals surface area contributed by atoms with Gasteiger partial charge in [0.15, 0.2) is 0 Å². The molecule has 0 aromatic heterocycles. The quantitative estimate of drug-likeness (QED) is 0.774. The molecule has 1 heterocycles. The first-order valence-electron chi connectivity index (χ1n) is 8.98. The van der Waals surface area contributed by atoms with E-state index in [0.29, 0.717) is 17.4 Å². The summed E-state index contributed by atoms with van der Waals surface area (Å²) in [5.74, 6) is 0.529. The lowest BCUT2D eigenvalue weighted by Crippen LogP contribution is -2.46. The smallest absolute Gasteiger partial charge is 0.325 e. The molecule has 1 aliphatic heterocycles. The highest BCUT2D eigenvalue weighted by Crippen LogP contribution is 2.44. The predicted octanol–water partition coefficient (Wildman–Crippen LogP) is 1.76. The number of hydrogen-bond acceptors (Lipinski definition) is 3. The van der Waals surface area contributed by atoms with Crippen LogP contribution in [0.5, 0.6) is 0 Å². The van der Waals surface area contributed by atoms with Gasteiger partial charge < -0.3 is 10.6 Å². The van der Waals surface area contributed by atoms with Crippen molar-refractivity contribution in [3.05, 3.63) is 35.9 Å². The number of benzene rings is 1. The Morgan fingerprint density at radius 2 is 1.80 bits per heavy atom. The van der Waals surface area contributed by atoms with Crippen molar-refractivity contribution in [2.75, 3.05) is 6.54 Å². The SMILES string of the molecule is CC1(c2ccccc2)NC(=O)N(CC(=O)NC(C2CC2)C2CC2)C1=O. The third-order valence-corrected chi connectivity index (χ3v) is 5.52. The fraction of sp³-hybridized carbons (Fsp3) is 0.526. The third-order valence-electron chi connectivity index (χ3n) is 5.52. The second kappa shape index (κ2) is 5.86. The monoisotopic (exact) mass is 341 g/mol. The van der Waals surface area contributed by atoms with E-state index >= 15 is 0 Å². The Hall–Kier alpha value is -2.37. The molecule has 3 aliphatic rings. The van der Waals surface area contributed by atoms with Gasteiger partial charge in [0, 0.05) is 6.04 Å². The maximum absolute atomic E-state index is 12.8. The molecule has 0 bridgehead atoms. The molecule has 1 unspecified atom stereocenters. The lowest BCUT2D eigenvalue weighted by Gasteiger charge is -2.22. The summed E-state index contributed by atoms with van der Waals surface area (Å²) in [5, 5.41) is 5.80. The second-order valence-corrected chi connectivity index (χ2v) is 7.58. The van der Waals surface area contributed by atoms with Crippen LogP contribution in [-0.4, -0.2) is 35.3 Å². The molecule has 1 saturated heterocycles. The van der Waals surface area contributed by atoms with Gasteiger partial charge in [-0.2, -0.15) is 0 Å². The summed E-state index contributed by atoms with van der Waals surface area (Å²) in [6.45, 7) is 1.46. The normalized spacial score (nSPS) is 26.1. The Morgan fingerprint density at radius 3 is 2.36 bits per heavy atom. The van der Waals surface area contributed by atoms with E-state index in [-0.39, 0.29) is 24.4 Å². The zero-order valence-corrected chi connectivity index (χ0v) is 14.3. The minimum absolute atomic E-state index is 0.216. The van der Waals surface area contributed by atoms with Crippen LogP contribution in [0.25, 0.3) is 0 Å². The molecule has 0 spiro atoms. The molecule has 2 N–H and O–H groups in total. The topological polar surface area (TPSA) is 78.5 Å². The van der Waals surface area contributed by atoms with Crippen molar-refractivity contribution >= 4 is 17.8 Å². The van der Waals surface area contributed by atoms with Gasteiger partial charge in [-0.15, -0.1) is 0 Å². The lowest BCUT2D eigenvalue weighted by atomic mass is 9.92. The van der Waals surface area contributed by atoms with E-state index < -0.39 is 11.6 Å². The van der Waals surface area contributed by atoms with Crippen LogP contribution in [-0.2, 0) is 15.1 Å². The van der Waals surface area contributed by atoms with Crippen molar-refractivity contribution in [2.24, 2.45) is 11.8 Å². The zero-order chi connectivity index (χ0) is 17.6. The number of nitrogens with zero attached hydrogens (tertiary/aromatic N) is 1. The first-order valence-corrected chi connectivity index (χ1v) is 8.98. The van der Waals surface area contributed by atoms with Gasteiger partial charge in [0.2, 0.25) is 5.91 Å². The van der Waals surface area contributed by atoms with E-state index in [1.807, 2.05) is 18.2 Å². The Kier molecular flexibility index (Phi) is 3.78. The first kappa shape index (κ1) is 16.1. The van der Waals surface area contributed by atoms with Crippen LogP contribution in [0.15, 0.2) is 30.3 Å². The summed E-state index contributed by atoms with van der Waals surface area (Å²) >= 11 is 0. The minimum Gasteiger partial charge on any atom is -0.351 e. The fourth-order valence-electron chi connectivity index (χ4n) is 3.71. The van der Waals surface area contributed by atoms with Crippen LogP contribution in [0.1, 0.15) is 38.2 Å². The van der Waals surface area contributed by atoms with Crippen molar-refractivity contribution in [2.45, 2.75) is 44.2 Å². The summed E-state index contributed by atoms with van der Waals surface area (Å²) < 4.78 is 0. The molecular weight excluding hydrogens is 318 g/mol. The average molecular weight is 341 g/mol. The van der Waals surface area contributed by atoms with Crippen molar-refractivity contribution in [3.63, 3.8) is 0 Å². The van der Waals surface area contributed by atoms with Gasteiger partial charge in [-0.05, 0) is 50.0 Å². The molecule has 6 nitrogen and oxygen atoms in total. The molecule has 0 radical (unpaired) electrons. The van der Waals surface area contributed by atoms with E-state index in [1.54, 1.807) is 19.1 Å². The third kappa shape index (κ3) is 3.01. The molecule has 4 rings (SSSR count). The Morgan fingerprint density at radius 1 is 1.20 bits per heavy atom.